The van der Waals surface area contributed by atoms with Gasteiger partial charge in [0.05, 0.1) is 35.9 Å². The molecule has 2 amide bonds. The number of hydrogen-bond donors (Lipinski definition) is 0. The van der Waals surface area contributed by atoms with Crippen LogP contribution in [-0.4, -0.2) is 44.6 Å². The van der Waals surface area contributed by atoms with E-state index in [1.54, 1.807) is 15.9 Å². The molecule has 2 heterocycles. The van der Waals surface area contributed by atoms with Crippen LogP contribution >= 0.6 is 0 Å². The van der Waals surface area contributed by atoms with Crippen molar-refractivity contribution in [3.63, 3.8) is 0 Å². The number of hydrogen-bond acceptors (Lipinski definition) is 4. The van der Waals surface area contributed by atoms with Crippen LogP contribution in [0.2, 0.25) is 0 Å². The average Bonchev–Trinajstić information content (AvgIpc) is 3.06. The molecule has 2 unspecified atom stereocenters. The van der Waals surface area contributed by atoms with E-state index in [9.17, 15) is 13.2 Å². The van der Waals surface area contributed by atoms with Gasteiger partial charge in [-0.05, 0) is 38.1 Å². The number of sulfone groups is 1. The second-order valence-corrected chi connectivity index (χ2v) is 9.12. The van der Waals surface area contributed by atoms with Gasteiger partial charge in [0, 0.05) is 5.69 Å². The van der Waals surface area contributed by atoms with Gasteiger partial charge in [0.15, 0.2) is 9.84 Å². The van der Waals surface area contributed by atoms with E-state index >= 15 is 0 Å². The maximum atomic E-state index is 13.4. The molecule has 0 aromatic heterocycles. The van der Waals surface area contributed by atoms with Crippen LogP contribution in [0, 0.1) is 6.92 Å². The summed E-state index contributed by atoms with van der Waals surface area (Å²) in [6, 6.07) is 13.8. The lowest BCUT2D eigenvalue weighted by atomic mass is 10.1. The van der Waals surface area contributed by atoms with Crippen molar-refractivity contribution in [2.45, 2.75) is 25.9 Å². The van der Waals surface area contributed by atoms with E-state index in [1.165, 1.54) is 0 Å². The van der Waals surface area contributed by atoms with Crippen LogP contribution in [0.15, 0.2) is 48.5 Å². The highest BCUT2D eigenvalue weighted by molar-refractivity contribution is 7.91. The molecule has 0 bridgehead atoms. The second-order valence-electron chi connectivity index (χ2n) is 6.97. The van der Waals surface area contributed by atoms with Gasteiger partial charge in [-0.25, -0.2) is 13.2 Å². The number of para-hydroxylation sites is 2. The summed E-state index contributed by atoms with van der Waals surface area (Å²) in [5, 5.41) is 0. The van der Waals surface area contributed by atoms with Crippen LogP contribution in [-0.2, 0) is 9.84 Å². The molecule has 2 aromatic rings. The smallest absolute Gasteiger partial charge is 0.329 e. The predicted molar refractivity (Wildman–Crippen MR) is 105 cm³/mol. The first-order valence-electron chi connectivity index (χ1n) is 9.02. The topological polar surface area (TPSA) is 66.9 Å². The largest absolute Gasteiger partial charge is 0.492 e. The molecule has 27 heavy (non-hydrogen) atoms. The third kappa shape index (κ3) is 3.06. The Morgan fingerprint density at radius 2 is 1.63 bits per heavy atom. The van der Waals surface area contributed by atoms with Gasteiger partial charge in [-0.15, -0.1) is 0 Å². The lowest BCUT2D eigenvalue weighted by Crippen LogP contribution is -2.38. The summed E-state index contributed by atoms with van der Waals surface area (Å²) in [6.07, 6.45) is 0. The molecular weight excluding hydrogens is 364 g/mol. The van der Waals surface area contributed by atoms with Crippen LogP contribution in [0.3, 0.4) is 0 Å². The zero-order chi connectivity index (χ0) is 19.2. The van der Waals surface area contributed by atoms with Crippen LogP contribution < -0.4 is 14.5 Å². The zero-order valence-corrected chi connectivity index (χ0v) is 16.1. The Morgan fingerprint density at radius 1 is 1.00 bits per heavy atom. The fourth-order valence-corrected chi connectivity index (χ4v) is 5.85. The summed E-state index contributed by atoms with van der Waals surface area (Å²) in [5.74, 6) is 0.527. The first-order chi connectivity index (χ1) is 12.9. The van der Waals surface area contributed by atoms with Crippen LogP contribution in [0.4, 0.5) is 16.2 Å². The van der Waals surface area contributed by atoms with Crippen molar-refractivity contribution in [2.75, 3.05) is 27.9 Å². The van der Waals surface area contributed by atoms with Crippen molar-refractivity contribution in [1.82, 2.24) is 0 Å². The Morgan fingerprint density at radius 3 is 2.30 bits per heavy atom. The van der Waals surface area contributed by atoms with Gasteiger partial charge in [0.2, 0.25) is 0 Å². The van der Waals surface area contributed by atoms with Gasteiger partial charge < -0.3 is 4.74 Å². The maximum Gasteiger partial charge on any atom is 0.329 e. The Hall–Kier alpha value is -2.54. The van der Waals surface area contributed by atoms with Gasteiger partial charge in [-0.2, -0.15) is 0 Å². The highest BCUT2D eigenvalue weighted by Gasteiger charge is 2.54. The summed E-state index contributed by atoms with van der Waals surface area (Å²) in [4.78, 5) is 16.6. The van der Waals surface area contributed by atoms with Crippen LogP contribution in [0.1, 0.15) is 12.5 Å². The second kappa shape index (κ2) is 6.56. The molecule has 2 atom stereocenters. The molecule has 2 saturated heterocycles. The Balaban J connectivity index is 1.81. The molecule has 0 radical (unpaired) electrons. The number of nitrogens with zero attached hydrogens (tertiary/aromatic N) is 2. The van der Waals surface area contributed by atoms with E-state index in [0.717, 1.165) is 5.56 Å². The van der Waals surface area contributed by atoms with E-state index in [-0.39, 0.29) is 17.5 Å². The average molecular weight is 386 g/mol. The van der Waals surface area contributed by atoms with Gasteiger partial charge in [-0.3, -0.25) is 9.80 Å². The number of carbonyl (C=O) groups is 1. The van der Waals surface area contributed by atoms with E-state index < -0.39 is 21.9 Å². The highest BCUT2D eigenvalue weighted by Crippen LogP contribution is 2.41. The summed E-state index contributed by atoms with van der Waals surface area (Å²) in [6.45, 7) is 4.32. The number of rotatable bonds is 4. The Bertz CT molecular complexity index is 972. The van der Waals surface area contributed by atoms with Crippen molar-refractivity contribution in [1.29, 1.82) is 0 Å². The standard InChI is InChI=1S/C20H22N2O4S/c1-3-26-19-7-5-4-6-16(19)22-18-13-27(24,25)12-17(18)21(20(22)23)15-10-8-14(2)9-11-15/h4-11,17-18H,3,12-13H2,1-2H3. The van der Waals surface area contributed by atoms with Crippen LogP contribution in [0.25, 0.3) is 0 Å². The third-order valence-corrected chi connectivity index (χ3v) is 6.80. The fourth-order valence-electron chi connectivity index (χ4n) is 3.93. The van der Waals surface area contributed by atoms with E-state index in [2.05, 4.69) is 0 Å². The Kier molecular flexibility index (Phi) is 4.34. The number of amides is 2. The first-order valence-corrected chi connectivity index (χ1v) is 10.8. The molecule has 7 heteroatoms. The number of anilines is 2. The predicted octanol–water partition coefficient (Wildman–Crippen LogP) is 3.01. The molecule has 2 aliphatic heterocycles. The Labute approximate surface area is 159 Å². The summed E-state index contributed by atoms with van der Waals surface area (Å²) in [5.41, 5.74) is 2.42. The van der Waals surface area contributed by atoms with Crippen LogP contribution in [0.5, 0.6) is 5.75 Å². The molecule has 142 valence electrons. The molecule has 0 saturated carbocycles. The summed E-state index contributed by atoms with van der Waals surface area (Å²) < 4.78 is 30.4. The minimum absolute atomic E-state index is 0.0232. The van der Waals surface area contributed by atoms with Gasteiger partial charge >= 0.3 is 6.03 Å². The lowest BCUT2D eigenvalue weighted by molar-refractivity contribution is 0.254. The maximum absolute atomic E-state index is 13.4. The van der Waals surface area contributed by atoms with Gasteiger partial charge in [0.1, 0.15) is 5.75 Å². The normalized spacial score (nSPS) is 23.6. The summed E-state index contributed by atoms with van der Waals surface area (Å²) >= 11 is 0. The molecule has 2 aliphatic rings. The van der Waals surface area contributed by atoms with Crippen molar-refractivity contribution >= 4 is 27.2 Å². The van der Waals surface area contributed by atoms with Gasteiger partial charge in [0.25, 0.3) is 0 Å². The number of urea groups is 1. The van der Waals surface area contributed by atoms with E-state index in [0.29, 0.717) is 23.7 Å². The van der Waals surface area contributed by atoms with Gasteiger partial charge in [-0.1, -0.05) is 29.8 Å². The number of fused-ring (bicyclic) bond motifs is 1. The molecule has 0 aliphatic carbocycles. The molecule has 2 fully saturated rings. The number of ether oxygens (including phenoxy) is 1. The molecular formula is C20H22N2O4S. The summed E-state index contributed by atoms with van der Waals surface area (Å²) in [7, 11) is -3.22. The molecule has 6 nitrogen and oxygen atoms in total. The quantitative estimate of drug-likeness (QED) is 0.758. The monoisotopic (exact) mass is 386 g/mol. The first kappa shape index (κ1) is 17.9. The lowest BCUT2D eigenvalue weighted by Gasteiger charge is -2.24. The number of carbonyl (C=O) groups excluding carboxylic acids is 1. The minimum Gasteiger partial charge on any atom is -0.492 e. The molecule has 4 rings (SSSR count). The van der Waals surface area contributed by atoms with Crippen molar-refractivity contribution < 1.29 is 17.9 Å². The molecule has 2 aromatic carbocycles. The number of aryl methyl sites for hydroxylation is 1. The highest BCUT2D eigenvalue weighted by atomic mass is 32.2. The van der Waals surface area contributed by atoms with Crippen molar-refractivity contribution in [3.8, 4) is 5.75 Å². The zero-order valence-electron chi connectivity index (χ0n) is 15.3. The molecule has 0 N–H and O–H groups in total. The molecule has 0 spiro atoms. The van der Waals surface area contributed by atoms with E-state index in [4.69, 9.17) is 4.74 Å². The van der Waals surface area contributed by atoms with E-state index in [1.807, 2.05) is 56.3 Å². The van der Waals surface area contributed by atoms with Crippen molar-refractivity contribution in [2.24, 2.45) is 0 Å². The minimum atomic E-state index is -3.22. The third-order valence-electron chi connectivity index (χ3n) is 5.11. The fraction of sp³-hybridized carbons (Fsp3) is 0.350. The van der Waals surface area contributed by atoms with Crippen molar-refractivity contribution in [3.05, 3.63) is 54.1 Å². The number of benzene rings is 2. The SMILES string of the molecule is CCOc1ccccc1N1C(=O)N(c2ccc(C)cc2)C2CS(=O)(=O)CC21.